The molecule has 6 nitrogen and oxygen atoms in total. The van der Waals surface area contributed by atoms with E-state index in [4.69, 9.17) is 4.52 Å². The van der Waals surface area contributed by atoms with Crippen LogP contribution in [0, 0.1) is 6.92 Å². The molecule has 1 aromatic rings. The third kappa shape index (κ3) is 1.90. The summed E-state index contributed by atoms with van der Waals surface area (Å²) in [4.78, 5) is 17.1. The van der Waals surface area contributed by atoms with Crippen molar-refractivity contribution >= 4 is 5.91 Å². The van der Waals surface area contributed by atoms with Gasteiger partial charge in [-0.3, -0.25) is 4.79 Å². The Balaban J connectivity index is 1.99. The average Bonchev–Trinajstić information content (AvgIpc) is 2.56. The number of hydrogen-bond donors (Lipinski definition) is 1. The molecular weight excluding hydrogens is 184 g/mol. The van der Waals surface area contributed by atoms with Crippen LogP contribution >= 0.6 is 0 Å². The molecule has 0 bridgehead atoms. The summed E-state index contributed by atoms with van der Waals surface area (Å²) < 4.78 is 4.94. The quantitative estimate of drug-likeness (QED) is 0.678. The maximum absolute atomic E-state index is 11.4. The molecule has 1 aliphatic heterocycles. The fourth-order valence-electron chi connectivity index (χ4n) is 1.38. The number of hydrogen-bond acceptors (Lipinski definition) is 5. The van der Waals surface area contributed by atoms with E-state index in [1.807, 2.05) is 0 Å². The SMILES string of the molecule is Cc1noc(CN2CCNCC2=O)n1. The highest BCUT2D eigenvalue weighted by molar-refractivity contribution is 5.78. The first kappa shape index (κ1) is 9.14. The number of rotatable bonds is 2. The van der Waals surface area contributed by atoms with Crippen molar-refractivity contribution < 1.29 is 9.32 Å². The Morgan fingerprint density at radius 2 is 2.50 bits per heavy atom. The molecule has 1 saturated heterocycles. The lowest BCUT2D eigenvalue weighted by atomic mass is 10.3. The van der Waals surface area contributed by atoms with Gasteiger partial charge in [0, 0.05) is 13.1 Å². The Morgan fingerprint density at radius 3 is 3.14 bits per heavy atom. The fraction of sp³-hybridized carbons (Fsp3) is 0.625. The van der Waals surface area contributed by atoms with Gasteiger partial charge in [-0.1, -0.05) is 5.16 Å². The van der Waals surface area contributed by atoms with Gasteiger partial charge in [0.2, 0.25) is 11.8 Å². The third-order valence-corrected chi connectivity index (χ3v) is 2.08. The van der Waals surface area contributed by atoms with Crippen LogP contribution in [0.15, 0.2) is 4.52 Å². The van der Waals surface area contributed by atoms with Crippen molar-refractivity contribution in [1.82, 2.24) is 20.4 Å². The summed E-state index contributed by atoms with van der Waals surface area (Å²) in [6.07, 6.45) is 0. The molecule has 1 amide bonds. The minimum Gasteiger partial charge on any atom is -0.337 e. The Kier molecular flexibility index (Phi) is 2.45. The van der Waals surface area contributed by atoms with Crippen molar-refractivity contribution in [2.45, 2.75) is 13.5 Å². The molecule has 0 aromatic carbocycles. The smallest absolute Gasteiger partial charge is 0.246 e. The van der Waals surface area contributed by atoms with Crippen LogP contribution in [0.5, 0.6) is 0 Å². The predicted octanol–water partition coefficient (Wildman–Crippen LogP) is -0.690. The van der Waals surface area contributed by atoms with Crippen molar-refractivity contribution in [3.63, 3.8) is 0 Å². The molecule has 2 heterocycles. The lowest BCUT2D eigenvalue weighted by Crippen LogP contribution is -2.47. The number of carbonyl (C=O) groups is 1. The van der Waals surface area contributed by atoms with E-state index in [-0.39, 0.29) is 5.91 Å². The van der Waals surface area contributed by atoms with Crippen molar-refractivity contribution in [1.29, 1.82) is 0 Å². The Hall–Kier alpha value is -1.43. The third-order valence-electron chi connectivity index (χ3n) is 2.08. The topological polar surface area (TPSA) is 71.3 Å². The molecule has 0 radical (unpaired) electrons. The predicted molar refractivity (Wildman–Crippen MR) is 47.3 cm³/mol. The van der Waals surface area contributed by atoms with Gasteiger partial charge in [-0.15, -0.1) is 0 Å². The number of amides is 1. The van der Waals surface area contributed by atoms with Crippen LogP contribution in [-0.2, 0) is 11.3 Å². The molecular formula is C8H12N4O2. The van der Waals surface area contributed by atoms with Crippen LogP contribution in [0.4, 0.5) is 0 Å². The summed E-state index contributed by atoms with van der Waals surface area (Å²) in [5.74, 6) is 1.17. The largest absolute Gasteiger partial charge is 0.337 e. The van der Waals surface area contributed by atoms with Gasteiger partial charge in [0.25, 0.3) is 0 Å². The zero-order valence-electron chi connectivity index (χ0n) is 7.99. The van der Waals surface area contributed by atoms with E-state index < -0.39 is 0 Å². The van der Waals surface area contributed by atoms with Crippen LogP contribution in [0.2, 0.25) is 0 Å². The van der Waals surface area contributed by atoms with Crippen LogP contribution < -0.4 is 5.32 Å². The molecule has 76 valence electrons. The molecule has 14 heavy (non-hydrogen) atoms. The number of piperazine rings is 1. The lowest BCUT2D eigenvalue weighted by molar-refractivity contribution is -0.132. The maximum atomic E-state index is 11.4. The number of nitrogens with zero attached hydrogens (tertiary/aromatic N) is 3. The van der Waals surface area contributed by atoms with E-state index in [0.29, 0.717) is 31.3 Å². The van der Waals surface area contributed by atoms with E-state index in [2.05, 4.69) is 15.5 Å². The highest BCUT2D eigenvalue weighted by Crippen LogP contribution is 2.03. The van der Waals surface area contributed by atoms with E-state index in [1.165, 1.54) is 0 Å². The summed E-state index contributed by atoms with van der Waals surface area (Å²) in [5, 5.41) is 6.67. The second-order valence-corrected chi connectivity index (χ2v) is 3.23. The highest BCUT2D eigenvalue weighted by Gasteiger charge is 2.19. The minimum absolute atomic E-state index is 0.0760. The number of nitrogens with one attached hydrogen (secondary N) is 1. The first-order chi connectivity index (χ1) is 6.75. The van der Waals surface area contributed by atoms with Gasteiger partial charge in [0.15, 0.2) is 5.82 Å². The standard InChI is InChI=1S/C8H12N4O2/c1-6-10-7(14-11-6)5-12-3-2-9-4-8(12)13/h9H,2-5H2,1H3. The monoisotopic (exact) mass is 196 g/mol. The summed E-state index contributed by atoms with van der Waals surface area (Å²) in [6, 6.07) is 0. The van der Waals surface area contributed by atoms with Crippen molar-refractivity contribution in [2.24, 2.45) is 0 Å². The van der Waals surface area contributed by atoms with Gasteiger partial charge in [-0.2, -0.15) is 4.98 Å². The molecule has 2 rings (SSSR count). The van der Waals surface area contributed by atoms with Gasteiger partial charge >= 0.3 is 0 Å². The van der Waals surface area contributed by atoms with E-state index >= 15 is 0 Å². The summed E-state index contributed by atoms with van der Waals surface area (Å²) in [5.41, 5.74) is 0. The first-order valence-corrected chi connectivity index (χ1v) is 4.53. The van der Waals surface area contributed by atoms with Gasteiger partial charge < -0.3 is 14.7 Å². The minimum atomic E-state index is 0.0760. The Morgan fingerprint density at radius 1 is 1.64 bits per heavy atom. The van der Waals surface area contributed by atoms with Crippen molar-refractivity contribution in [3.8, 4) is 0 Å². The maximum Gasteiger partial charge on any atom is 0.246 e. The van der Waals surface area contributed by atoms with Gasteiger partial charge in [-0.25, -0.2) is 0 Å². The second kappa shape index (κ2) is 3.75. The number of aryl methyl sites for hydroxylation is 1. The lowest BCUT2D eigenvalue weighted by Gasteiger charge is -2.25. The molecule has 0 unspecified atom stereocenters. The summed E-state index contributed by atoms with van der Waals surface area (Å²) >= 11 is 0. The van der Waals surface area contributed by atoms with Crippen LogP contribution in [0.25, 0.3) is 0 Å². The fourth-order valence-corrected chi connectivity index (χ4v) is 1.38. The van der Waals surface area contributed by atoms with E-state index in [1.54, 1.807) is 11.8 Å². The molecule has 0 saturated carbocycles. The molecule has 0 aliphatic carbocycles. The van der Waals surface area contributed by atoms with Crippen molar-refractivity contribution in [3.05, 3.63) is 11.7 Å². The molecule has 0 spiro atoms. The second-order valence-electron chi connectivity index (χ2n) is 3.23. The van der Waals surface area contributed by atoms with Crippen LogP contribution in [0.1, 0.15) is 11.7 Å². The van der Waals surface area contributed by atoms with E-state index in [0.717, 1.165) is 6.54 Å². The molecule has 1 fully saturated rings. The molecule has 6 heteroatoms. The molecule has 1 aromatic heterocycles. The van der Waals surface area contributed by atoms with Crippen molar-refractivity contribution in [2.75, 3.05) is 19.6 Å². The highest BCUT2D eigenvalue weighted by atomic mass is 16.5. The first-order valence-electron chi connectivity index (χ1n) is 4.53. The molecule has 0 atom stereocenters. The average molecular weight is 196 g/mol. The number of carbonyl (C=O) groups excluding carboxylic acids is 1. The summed E-state index contributed by atoms with van der Waals surface area (Å²) in [7, 11) is 0. The summed E-state index contributed by atoms with van der Waals surface area (Å²) in [6.45, 7) is 4.08. The normalized spacial score (nSPS) is 17.5. The van der Waals surface area contributed by atoms with Crippen LogP contribution in [0.3, 0.4) is 0 Å². The Bertz CT molecular complexity index is 336. The zero-order valence-corrected chi connectivity index (χ0v) is 7.99. The number of aromatic nitrogens is 2. The Labute approximate surface area is 81.3 Å². The van der Waals surface area contributed by atoms with Crippen LogP contribution in [-0.4, -0.2) is 40.6 Å². The molecule has 1 aliphatic rings. The van der Waals surface area contributed by atoms with E-state index in [9.17, 15) is 4.79 Å². The van der Waals surface area contributed by atoms with Gasteiger partial charge in [-0.05, 0) is 6.92 Å². The van der Waals surface area contributed by atoms with Gasteiger partial charge in [0.05, 0.1) is 6.54 Å². The molecule has 1 N–H and O–H groups in total. The van der Waals surface area contributed by atoms with Gasteiger partial charge in [0.1, 0.15) is 6.54 Å². The zero-order chi connectivity index (χ0) is 9.97.